The quantitative estimate of drug-likeness (QED) is 0.886. The maximum absolute atomic E-state index is 12.2. The fraction of sp³-hybridized carbons (Fsp3) is 0.182. The van der Waals surface area contributed by atoms with Crippen molar-refractivity contribution in [2.45, 2.75) is 18.4 Å². The normalized spacial score (nSPS) is 11.6. The number of aryl methyl sites for hydroxylation is 1. The van der Waals surface area contributed by atoms with E-state index in [1.54, 1.807) is 6.92 Å². The van der Waals surface area contributed by atoms with E-state index < -0.39 is 16.0 Å². The van der Waals surface area contributed by atoms with Crippen molar-refractivity contribution in [3.8, 4) is 0 Å². The largest absolute Gasteiger partial charge is 0.477 e. The summed E-state index contributed by atoms with van der Waals surface area (Å²) < 4.78 is 26.8. The predicted octanol–water partition coefficient (Wildman–Crippen LogP) is 2.29. The molecule has 0 saturated carbocycles. The lowest BCUT2D eigenvalue weighted by molar-refractivity contribution is 0.0698. The Labute approximate surface area is 118 Å². The van der Waals surface area contributed by atoms with E-state index in [1.807, 2.05) is 16.8 Å². The van der Waals surface area contributed by atoms with E-state index in [2.05, 4.69) is 4.72 Å². The molecule has 0 aliphatic heterocycles. The van der Waals surface area contributed by atoms with Crippen molar-refractivity contribution in [3.05, 3.63) is 38.2 Å². The molecule has 0 unspecified atom stereocenters. The number of carboxylic acids is 1. The first kappa shape index (κ1) is 14.2. The summed E-state index contributed by atoms with van der Waals surface area (Å²) >= 11 is 2.39. The van der Waals surface area contributed by atoms with Crippen molar-refractivity contribution in [2.24, 2.45) is 0 Å². The molecule has 2 rings (SSSR count). The van der Waals surface area contributed by atoms with Crippen molar-refractivity contribution in [1.29, 1.82) is 0 Å². The third-order valence-corrected chi connectivity index (χ3v) is 5.96. The molecule has 2 aromatic heterocycles. The number of carbonyl (C=O) groups is 1. The minimum Gasteiger partial charge on any atom is -0.477 e. The van der Waals surface area contributed by atoms with Crippen LogP contribution in [-0.4, -0.2) is 19.5 Å². The van der Waals surface area contributed by atoms with Crippen LogP contribution in [0.25, 0.3) is 0 Å². The van der Waals surface area contributed by atoms with Gasteiger partial charge in [0.2, 0.25) is 10.0 Å². The number of aromatic carboxylic acids is 1. The van der Waals surface area contributed by atoms with Gasteiger partial charge in [0, 0.05) is 6.54 Å². The zero-order chi connectivity index (χ0) is 14.0. The van der Waals surface area contributed by atoms with Gasteiger partial charge < -0.3 is 5.11 Å². The van der Waals surface area contributed by atoms with Crippen molar-refractivity contribution < 1.29 is 18.3 Å². The highest BCUT2D eigenvalue weighted by atomic mass is 32.2. The Morgan fingerprint density at radius 2 is 2.16 bits per heavy atom. The molecule has 102 valence electrons. The molecule has 0 bridgehead atoms. The smallest absolute Gasteiger partial charge is 0.347 e. The number of hydrogen-bond acceptors (Lipinski definition) is 5. The number of thiophene rings is 2. The molecule has 2 aromatic rings. The average Bonchev–Trinajstić information content (AvgIpc) is 2.95. The zero-order valence-electron chi connectivity index (χ0n) is 9.91. The van der Waals surface area contributed by atoms with Gasteiger partial charge in [-0.25, -0.2) is 17.9 Å². The summed E-state index contributed by atoms with van der Waals surface area (Å²) in [5.41, 5.74) is 1.29. The van der Waals surface area contributed by atoms with E-state index in [0.29, 0.717) is 5.56 Å². The second-order valence-electron chi connectivity index (χ2n) is 3.84. The van der Waals surface area contributed by atoms with Crippen molar-refractivity contribution in [2.75, 3.05) is 0 Å². The standard InChI is InChI=1S/C11H11NO4S3/c1-7-5-18-9(11(13)14)10(7)19(15,16)12-4-8-2-3-17-6-8/h2-3,5-6,12H,4H2,1H3,(H,13,14). The summed E-state index contributed by atoms with van der Waals surface area (Å²) in [5, 5.41) is 14.2. The van der Waals surface area contributed by atoms with Crippen LogP contribution in [0.4, 0.5) is 0 Å². The van der Waals surface area contributed by atoms with Crippen LogP contribution in [0.3, 0.4) is 0 Å². The fourth-order valence-corrected chi connectivity index (χ4v) is 4.87. The lowest BCUT2D eigenvalue weighted by Gasteiger charge is -2.06. The molecule has 2 N–H and O–H groups in total. The lowest BCUT2D eigenvalue weighted by Crippen LogP contribution is -2.24. The van der Waals surface area contributed by atoms with Gasteiger partial charge in [-0.3, -0.25) is 0 Å². The van der Waals surface area contributed by atoms with Gasteiger partial charge in [-0.15, -0.1) is 11.3 Å². The monoisotopic (exact) mass is 317 g/mol. The number of nitrogens with one attached hydrogen (secondary N) is 1. The van der Waals surface area contributed by atoms with E-state index in [-0.39, 0.29) is 16.3 Å². The van der Waals surface area contributed by atoms with E-state index in [1.165, 1.54) is 16.7 Å². The molecule has 0 atom stereocenters. The second-order valence-corrected chi connectivity index (χ2v) is 7.20. The average molecular weight is 317 g/mol. The molecule has 8 heteroatoms. The molecule has 19 heavy (non-hydrogen) atoms. The van der Waals surface area contributed by atoms with Crippen LogP contribution in [0.1, 0.15) is 20.8 Å². The summed E-state index contributed by atoms with van der Waals surface area (Å²) in [4.78, 5) is 10.7. The first-order valence-electron chi connectivity index (χ1n) is 5.24. The lowest BCUT2D eigenvalue weighted by atomic mass is 10.3. The van der Waals surface area contributed by atoms with Crippen LogP contribution in [-0.2, 0) is 16.6 Å². The van der Waals surface area contributed by atoms with Gasteiger partial charge in [-0.1, -0.05) is 0 Å². The van der Waals surface area contributed by atoms with Crippen molar-refractivity contribution in [1.82, 2.24) is 4.72 Å². The third kappa shape index (κ3) is 3.03. The molecule has 0 aromatic carbocycles. The maximum atomic E-state index is 12.2. The van der Waals surface area contributed by atoms with Crippen LogP contribution in [0.2, 0.25) is 0 Å². The maximum Gasteiger partial charge on any atom is 0.347 e. The summed E-state index contributed by atoms with van der Waals surface area (Å²) in [6, 6.07) is 1.81. The number of hydrogen-bond donors (Lipinski definition) is 2. The molecule has 0 amide bonds. The van der Waals surface area contributed by atoms with Crippen molar-refractivity contribution in [3.63, 3.8) is 0 Å². The van der Waals surface area contributed by atoms with E-state index in [0.717, 1.165) is 16.9 Å². The first-order valence-corrected chi connectivity index (χ1v) is 8.54. The summed E-state index contributed by atoms with van der Waals surface area (Å²) in [7, 11) is -3.82. The van der Waals surface area contributed by atoms with Gasteiger partial charge in [0.25, 0.3) is 0 Å². The van der Waals surface area contributed by atoms with Crippen LogP contribution >= 0.6 is 22.7 Å². The minimum absolute atomic E-state index is 0.139. The second kappa shape index (κ2) is 5.41. The summed E-state index contributed by atoms with van der Waals surface area (Å²) in [5.74, 6) is -1.23. The minimum atomic E-state index is -3.82. The Hall–Kier alpha value is -1.22. The van der Waals surface area contributed by atoms with Gasteiger partial charge >= 0.3 is 5.97 Å². The Morgan fingerprint density at radius 3 is 2.74 bits per heavy atom. The van der Waals surface area contributed by atoms with Gasteiger partial charge in [0.05, 0.1) is 0 Å². The molecule has 0 spiro atoms. The van der Waals surface area contributed by atoms with Crippen LogP contribution in [0.15, 0.2) is 27.1 Å². The zero-order valence-corrected chi connectivity index (χ0v) is 12.4. The highest BCUT2D eigenvalue weighted by Gasteiger charge is 2.26. The van der Waals surface area contributed by atoms with E-state index in [4.69, 9.17) is 5.11 Å². The molecule has 0 radical (unpaired) electrons. The van der Waals surface area contributed by atoms with Crippen molar-refractivity contribution >= 4 is 38.7 Å². The van der Waals surface area contributed by atoms with Gasteiger partial charge in [-0.2, -0.15) is 11.3 Å². The molecule has 2 heterocycles. The molecular formula is C11H11NO4S3. The molecule has 0 aliphatic rings. The summed E-state index contributed by atoms with van der Waals surface area (Å²) in [6.07, 6.45) is 0. The van der Waals surface area contributed by atoms with Crippen LogP contribution in [0.5, 0.6) is 0 Å². The number of rotatable bonds is 5. The Kier molecular flexibility index (Phi) is 4.04. The molecule has 0 fully saturated rings. The molecule has 5 nitrogen and oxygen atoms in total. The highest BCUT2D eigenvalue weighted by molar-refractivity contribution is 7.89. The SMILES string of the molecule is Cc1csc(C(=O)O)c1S(=O)(=O)NCc1ccsc1. The molecule has 0 saturated heterocycles. The van der Waals surface area contributed by atoms with Crippen LogP contribution in [0, 0.1) is 6.92 Å². The summed E-state index contributed by atoms with van der Waals surface area (Å²) in [6.45, 7) is 1.74. The van der Waals surface area contributed by atoms with Gasteiger partial charge in [-0.05, 0) is 40.3 Å². The highest BCUT2D eigenvalue weighted by Crippen LogP contribution is 2.26. The van der Waals surface area contributed by atoms with Gasteiger partial charge in [0.1, 0.15) is 9.77 Å². The topological polar surface area (TPSA) is 83.5 Å². The first-order chi connectivity index (χ1) is 8.92. The Morgan fingerprint density at radius 1 is 1.42 bits per heavy atom. The Balaban J connectivity index is 2.29. The fourth-order valence-electron chi connectivity index (χ4n) is 1.56. The predicted molar refractivity (Wildman–Crippen MR) is 74.4 cm³/mol. The van der Waals surface area contributed by atoms with Gasteiger partial charge in [0.15, 0.2) is 0 Å². The third-order valence-electron chi connectivity index (χ3n) is 2.43. The van der Waals surface area contributed by atoms with E-state index >= 15 is 0 Å². The Bertz CT molecular complexity index is 686. The molecule has 0 aliphatic carbocycles. The van der Waals surface area contributed by atoms with Crippen LogP contribution < -0.4 is 4.72 Å². The number of carboxylic acid groups (broad SMARTS) is 1. The number of sulfonamides is 1. The molecular weight excluding hydrogens is 306 g/mol. The van der Waals surface area contributed by atoms with E-state index in [9.17, 15) is 13.2 Å².